The maximum atomic E-state index is 12.5. The lowest BCUT2D eigenvalue weighted by molar-refractivity contribution is -0.147. The summed E-state index contributed by atoms with van der Waals surface area (Å²) in [6.45, 7) is 6.91. The van der Waals surface area contributed by atoms with Crippen molar-refractivity contribution in [3.63, 3.8) is 0 Å². The summed E-state index contributed by atoms with van der Waals surface area (Å²) in [7, 11) is 0. The first kappa shape index (κ1) is 30.3. The molecule has 0 saturated carbocycles. The van der Waals surface area contributed by atoms with Crippen LogP contribution in [0.15, 0.2) is 42.5 Å². The molecule has 0 aliphatic heterocycles. The van der Waals surface area contributed by atoms with E-state index in [0.29, 0.717) is 24.7 Å². The Kier molecular flexibility index (Phi) is 12.9. The van der Waals surface area contributed by atoms with Gasteiger partial charge >= 0.3 is 11.9 Å². The molecule has 0 N–H and O–H groups in total. The average Bonchev–Trinajstić information content (AvgIpc) is 2.94. The van der Waals surface area contributed by atoms with Crippen LogP contribution in [0, 0.1) is 0 Å². The van der Waals surface area contributed by atoms with Crippen LogP contribution in [0.5, 0.6) is 11.5 Å². The van der Waals surface area contributed by atoms with Gasteiger partial charge in [-0.25, -0.2) is 9.59 Å². The number of carbonyl (C=O) groups is 2. The second-order valence-electron chi connectivity index (χ2n) is 9.97. The highest BCUT2D eigenvalue weighted by Crippen LogP contribution is 2.43. The van der Waals surface area contributed by atoms with Gasteiger partial charge in [0.15, 0.2) is 13.2 Å². The van der Waals surface area contributed by atoms with Crippen molar-refractivity contribution in [2.24, 2.45) is 0 Å². The Hall–Kier alpha value is -3.28. The van der Waals surface area contributed by atoms with Crippen LogP contribution in [0.3, 0.4) is 0 Å². The summed E-state index contributed by atoms with van der Waals surface area (Å²) in [5, 5.41) is 3.30. The van der Waals surface area contributed by atoms with E-state index in [9.17, 15) is 9.59 Å². The van der Waals surface area contributed by atoms with Crippen LogP contribution in [0.1, 0.15) is 84.1 Å². The van der Waals surface area contributed by atoms with Crippen LogP contribution < -0.4 is 9.47 Å². The molecule has 0 saturated heterocycles. The molecular formula is C33H44O6. The van der Waals surface area contributed by atoms with E-state index >= 15 is 0 Å². The van der Waals surface area contributed by atoms with Gasteiger partial charge in [-0.3, -0.25) is 0 Å². The number of fused-ring (bicyclic) bond motifs is 2. The molecule has 0 unspecified atom stereocenters. The zero-order valence-corrected chi connectivity index (χ0v) is 23.9. The maximum Gasteiger partial charge on any atom is 0.344 e. The van der Waals surface area contributed by atoms with Crippen molar-refractivity contribution in [3.8, 4) is 11.5 Å². The van der Waals surface area contributed by atoms with Gasteiger partial charge < -0.3 is 18.9 Å². The van der Waals surface area contributed by atoms with Gasteiger partial charge in [-0.1, -0.05) is 102 Å². The summed E-state index contributed by atoms with van der Waals surface area (Å²) < 4.78 is 23.1. The number of esters is 2. The van der Waals surface area contributed by atoms with Crippen LogP contribution in [-0.2, 0) is 25.5 Å². The van der Waals surface area contributed by atoms with E-state index in [1.807, 2.05) is 30.3 Å². The highest BCUT2D eigenvalue weighted by atomic mass is 16.6. The zero-order chi connectivity index (χ0) is 27.9. The minimum Gasteiger partial charge on any atom is -0.481 e. The minimum absolute atomic E-state index is 0.171. The van der Waals surface area contributed by atoms with E-state index < -0.39 is 0 Å². The number of benzene rings is 3. The molecule has 0 fully saturated rings. The van der Waals surface area contributed by atoms with E-state index in [1.54, 1.807) is 0 Å². The quantitative estimate of drug-likeness (QED) is 0.0933. The Balaban J connectivity index is 1.84. The minimum atomic E-state index is -0.381. The lowest BCUT2D eigenvalue weighted by Gasteiger charge is -2.18. The molecule has 6 heteroatoms. The highest BCUT2D eigenvalue weighted by Gasteiger charge is 2.19. The van der Waals surface area contributed by atoms with Crippen molar-refractivity contribution < 1.29 is 28.5 Å². The Morgan fingerprint density at radius 3 is 1.62 bits per heavy atom. The number of carbonyl (C=O) groups excluding carboxylic acids is 2. The molecular weight excluding hydrogens is 492 g/mol. The summed E-state index contributed by atoms with van der Waals surface area (Å²) in [6, 6.07) is 13.9. The van der Waals surface area contributed by atoms with Gasteiger partial charge in [-0.05, 0) is 30.9 Å². The van der Waals surface area contributed by atoms with Crippen molar-refractivity contribution >= 4 is 33.5 Å². The molecule has 0 aliphatic carbocycles. The molecule has 3 aromatic carbocycles. The molecule has 3 aromatic rings. The molecule has 6 nitrogen and oxygen atoms in total. The van der Waals surface area contributed by atoms with E-state index in [0.717, 1.165) is 85.8 Å². The van der Waals surface area contributed by atoms with Crippen molar-refractivity contribution in [1.82, 2.24) is 0 Å². The molecule has 0 atom stereocenters. The SMILES string of the molecule is CCCCCCOC(=O)COc1c2ccccc2c(OCC(=O)OCCCCCC)c2cc(CCC)ccc12. The first-order valence-electron chi connectivity index (χ1n) is 14.6. The van der Waals surface area contributed by atoms with E-state index in [1.165, 1.54) is 5.56 Å². The summed E-state index contributed by atoms with van der Waals surface area (Å²) in [5.74, 6) is 0.466. The smallest absolute Gasteiger partial charge is 0.344 e. The largest absolute Gasteiger partial charge is 0.481 e. The lowest BCUT2D eigenvalue weighted by Crippen LogP contribution is -2.17. The highest BCUT2D eigenvalue weighted by molar-refractivity contribution is 6.11. The van der Waals surface area contributed by atoms with Gasteiger partial charge in [-0.15, -0.1) is 0 Å². The fraction of sp³-hybridized carbons (Fsp3) is 0.515. The third-order valence-electron chi connectivity index (χ3n) is 6.72. The number of aryl methyl sites for hydroxylation is 1. The Morgan fingerprint density at radius 2 is 1.10 bits per heavy atom. The fourth-order valence-corrected chi connectivity index (χ4v) is 4.68. The molecule has 0 aromatic heterocycles. The van der Waals surface area contributed by atoms with Crippen LogP contribution in [0.4, 0.5) is 0 Å². The number of rotatable bonds is 18. The van der Waals surface area contributed by atoms with E-state index in [-0.39, 0.29) is 25.2 Å². The molecule has 212 valence electrons. The second kappa shape index (κ2) is 16.6. The monoisotopic (exact) mass is 536 g/mol. The Morgan fingerprint density at radius 1 is 0.590 bits per heavy atom. The molecule has 0 bridgehead atoms. The van der Waals surface area contributed by atoms with E-state index in [4.69, 9.17) is 18.9 Å². The number of ether oxygens (including phenoxy) is 4. The number of unbranched alkanes of at least 4 members (excludes halogenated alkanes) is 6. The van der Waals surface area contributed by atoms with Crippen molar-refractivity contribution in [1.29, 1.82) is 0 Å². The Labute approximate surface area is 233 Å². The van der Waals surface area contributed by atoms with Crippen LogP contribution >= 0.6 is 0 Å². The molecule has 0 heterocycles. The van der Waals surface area contributed by atoms with Gasteiger partial charge in [0, 0.05) is 21.5 Å². The lowest BCUT2D eigenvalue weighted by atomic mass is 9.97. The number of hydrogen-bond acceptors (Lipinski definition) is 6. The first-order chi connectivity index (χ1) is 19.1. The maximum absolute atomic E-state index is 12.5. The normalized spacial score (nSPS) is 11.1. The van der Waals surface area contributed by atoms with Crippen molar-refractivity contribution in [2.45, 2.75) is 85.0 Å². The standard InChI is InChI=1S/C33H44O6/c1-4-7-9-13-20-36-30(34)23-38-32-26-16-11-12-17-27(26)33(29-22-25(15-6-3)18-19-28(29)32)39-24-31(35)37-21-14-10-8-5-2/h11-12,16-19,22H,4-10,13-15,20-21,23-24H2,1-3H3. The third-order valence-corrected chi connectivity index (χ3v) is 6.72. The predicted molar refractivity (Wildman–Crippen MR) is 157 cm³/mol. The fourth-order valence-electron chi connectivity index (χ4n) is 4.68. The summed E-state index contributed by atoms with van der Waals surface area (Å²) in [6.07, 6.45) is 10.3. The van der Waals surface area contributed by atoms with Crippen LogP contribution in [-0.4, -0.2) is 38.4 Å². The van der Waals surface area contributed by atoms with E-state index in [2.05, 4.69) is 32.9 Å². The summed E-state index contributed by atoms with van der Waals surface area (Å²) >= 11 is 0. The van der Waals surface area contributed by atoms with Gasteiger partial charge in [-0.2, -0.15) is 0 Å². The average molecular weight is 537 g/mol. The topological polar surface area (TPSA) is 71.1 Å². The number of hydrogen-bond donors (Lipinski definition) is 0. The van der Waals surface area contributed by atoms with Crippen LogP contribution in [0.25, 0.3) is 21.5 Å². The molecule has 39 heavy (non-hydrogen) atoms. The predicted octanol–water partition coefficient (Wildman–Crippen LogP) is 7.95. The molecule has 3 rings (SSSR count). The van der Waals surface area contributed by atoms with Crippen molar-refractivity contribution in [3.05, 3.63) is 48.0 Å². The first-order valence-corrected chi connectivity index (χ1v) is 14.6. The van der Waals surface area contributed by atoms with Gasteiger partial charge in [0.25, 0.3) is 0 Å². The van der Waals surface area contributed by atoms with Crippen molar-refractivity contribution in [2.75, 3.05) is 26.4 Å². The van der Waals surface area contributed by atoms with Gasteiger partial charge in [0.2, 0.25) is 0 Å². The summed E-state index contributed by atoms with van der Waals surface area (Å²) in [5.41, 5.74) is 1.17. The molecule has 0 radical (unpaired) electrons. The third kappa shape index (κ3) is 9.15. The Bertz CT molecular complexity index is 1200. The van der Waals surface area contributed by atoms with Crippen LogP contribution in [0.2, 0.25) is 0 Å². The van der Waals surface area contributed by atoms with Gasteiger partial charge in [0.05, 0.1) is 13.2 Å². The molecule has 0 spiro atoms. The zero-order valence-electron chi connectivity index (χ0n) is 23.9. The second-order valence-corrected chi connectivity index (χ2v) is 9.97. The molecule has 0 aliphatic rings. The van der Waals surface area contributed by atoms with Gasteiger partial charge in [0.1, 0.15) is 11.5 Å². The molecule has 0 amide bonds. The summed E-state index contributed by atoms with van der Waals surface area (Å²) in [4.78, 5) is 24.9.